The highest BCUT2D eigenvalue weighted by atomic mass is 15.4. The van der Waals surface area contributed by atoms with E-state index in [4.69, 9.17) is 44.9 Å². The molecule has 772 valence electrons. The van der Waals surface area contributed by atoms with Gasteiger partial charge in [-0.25, -0.2) is 0 Å². The van der Waals surface area contributed by atoms with Crippen LogP contribution in [0.2, 0.25) is 0 Å². The summed E-state index contributed by atoms with van der Waals surface area (Å²) in [7, 11) is 0. The first kappa shape index (κ1) is 115. The summed E-state index contributed by atoms with van der Waals surface area (Å²) >= 11 is 0. The molecule has 0 amide bonds. The van der Waals surface area contributed by atoms with Crippen LogP contribution in [0, 0.1) is 0 Å². The van der Waals surface area contributed by atoms with Crippen LogP contribution in [0.4, 0.5) is 41.6 Å². The van der Waals surface area contributed by atoms with Crippen LogP contribution in [0.3, 0.4) is 0 Å². The number of aromatic nitrogens is 9. The quantitative estimate of drug-likeness (QED) is 0.0333. The number of piperidine rings is 5. The second-order valence-electron chi connectivity index (χ2n) is 50.1. The topological polar surface area (TPSA) is 205 Å². The monoisotopic (exact) mass is 1870 g/mol. The van der Waals surface area contributed by atoms with Gasteiger partial charge in [-0.15, -0.1) is 0 Å². The van der Waals surface area contributed by atoms with Crippen molar-refractivity contribution in [3.63, 3.8) is 0 Å². The molecule has 0 aromatic carbocycles. The number of hydrogen-bond acceptors (Lipinski definition) is 23. The fourth-order valence-electron chi connectivity index (χ4n) is 25.3. The molecule has 134 heavy (non-hydrogen) atoms. The van der Waals surface area contributed by atoms with Crippen molar-refractivity contribution < 1.29 is 0 Å². The predicted molar refractivity (Wildman–Crippen MR) is 576 cm³/mol. The van der Waals surface area contributed by atoms with E-state index in [9.17, 15) is 0 Å². The first-order valence-electron chi connectivity index (χ1n) is 56.0. The molecule has 23 nitrogen and oxygen atoms in total. The number of unbranched alkanes of at least 4 members (excludes halogenated alkanes) is 16. The Labute approximate surface area is 824 Å². The Morgan fingerprint density at radius 1 is 0.209 bits per heavy atom. The van der Waals surface area contributed by atoms with Gasteiger partial charge in [-0.1, -0.05) is 166 Å². The van der Waals surface area contributed by atoms with Crippen molar-refractivity contribution in [2.24, 2.45) is 0 Å². The zero-order chi connectivity index (χ0) is 98.9. The number of nitrogens with one attached hydrogen (secondary N) is 5. The smallest absolute Gasteiger partial charge is 0.232 e. The van der Waals surface area contributed by atoms with Crippen LogP contribution in [0.5, 0.6) is 0 Å². The molecular weight excluding hydrogens is 1660 g/mol. The van der Waals surface area contributed by atoms with E-state index in [1.165, 1.54) is 0 Å². The summed E-state index contributed by atoms with van der Waals surface area (Å²) in [6, 6.07) is 1.28. The molecule has 5 saturated heterocycles. The minimum atomic E-state index is -0.540. The van der Waals surface area contributed by atoms with Gasteiger partial charge in [0, 0.05) is 158 Å². The molecule has 8 heterocycles. The molecular formula is C111H213N23. The molecule has 2 atom stereocenters. The Hall–Kier alpha value is -4.65. The Morgan fingerprint density at radius 2 is 0.373 bits per heavy atom. The SMILES string of the molecule is CCCCN(CCCC)c1nc(N(CCCC)CCCC)nc(N(CCCCCCCN(C2CC(C)(C)NC(C)(C)C2)C(C)(CC)c2nc(N(CCCC)C3CC(C)(C)NC(C)(C)C3)nc(N(CCCCCCN(C3CC(C)(C)NC(C)(C)C3)C(C)(CC)c3nc(N(CCCC)CCCC)nc(N(CCCC)CCCC)n3)C3CC(C)(C)NC(C)(C)C3)n2)C2CC(C)(C)NC(C)(C)C2)n1. The van der Waals surface area contributed by atoms with Crippen LogP contribution in [0.25, 0.3) is 0 Å². The maximum Gasteiger partial charge on any atom is 0.232 e. The number of hydrogen-bond donors (Lipinski definition) is 5. The van der Waals surface area contributed by atoms with Gasteiger partial charge in [-0.05, 0) is 326 Å². The minimum absolute atomic E-state index is 0.0540. The molecule has 5 N–H and O–H groups in total. The Morgan fingerprint density at radius 3 is 0.597 bits per heavy atom. The van der Waals surface area contributed by atoms with Gasteiger partial charge in [0.2, 0.25) is 41.6 Å². The van der Waals surface area contributed by atoms with Gasteiger partial charge in [0.05, 0.1) is 11.1 Å². The lowest BCUT2D eigenvalue weighted by Crippen LogP contribution is -2.64. The van der Waals surface area contributed by atoms with Crippen LogP contribution in [-0.4, -0.2) is 225 Å². The molecule has 5 aliphatic heterocycles. The molecule has 0 aliphatic carbocycles. The average Bonchev–Trinajstić information content (AvgIpc) is 0.752. The molecule has 8 rings (SSSR count). The fraction of sp³-hybridized carbons (Fsp3) is 0.919. The number of nitrogens with zero attached hydrogens (tertiary/aromatic N) is 18. The Bertz CT molecular complexity index is 3700. The van der Waals surface area contributed by atoms with E-state index in [1.54, 1.807) is 0 Å². The van der Waals surface area contributed by atoms with Crippen molar-refractivity contribution in [3.05, 3.63) is 11.6 Å². The fourth-order valence-corrected chi connectivity index (χ4v) is 25.3. The maximum atomic E-state index is 6.24. The molecule has 2 unspecified atom stereocenters. The standard InChI is InChI=1S/C111H213N23/c1-34-45-63-126(64-46-35-2)93-112-91(113-94(116-93)127(65-47-36-3)66-48-37-4)110(32,43-10)133(89-82-106(24,25)124-107(26,27)83-89)75-62-58-57-60-72-131(87-78-102(16,17)122-103(18,19)79-87)98-115-92(114-97(120-98)130(71-53-42-9)86-76-100(12,13)121-101(14,15)77-86)111(33,44-11)134(90-84-108(28,29)125-109(30,31)85-90)74-61-56-54-55-59-73-132(88-80-104(20,21)123-105(22,23)81-88)99-118-95(128(67-49-38-5)68-50-39-6)117-96(119-99)129(69-51-40-7)70-52-41-8/h86-90,121-125H,34-85H2,1-33H3. The van der Waals surface area contributed by atoms with E-state index in [1.807, 2.05) is 0 Å². The first-order valence-corrected chi connectivity index (χ1v) is 56.0. The number of anilines is 7. The predicted octanol–water partition coefficient (Wildman–Crippen LogP) is 24.4. The lowest BCUT2D eigenvalue weighted by atomic mass is 9.77. The van der Waals surface area contributed by atoms with Crippen LogP contribution in [-0.2, 0) is 11.1 Å². The maximum absolute atomic E-state index is 6.24. The molecule has 0 radical (unpaired) electrons. The third kappa shape index (κ3) is 34.1. The molecule has 0 saturated carbocycles. The summed E-state index contributed by atoms with van der Waals surface area (Å²) in [6.07, 6.45) is 42.0. The lowest BCUT2D eigenvalue weighted by molar-refractivity contribution is -0.0135. The third-order valence-electron chi connectivity index (χ3n) is 30.7. The van der Waals surface area contributed by atoms with E-state index < -0.39 is 11.1 Å². The van der Waals surface area contributed by atoms with E-state index in [0.717, 1.165) is 389 Å². The minimum Gasteiger partial charge on any atom is -0.341 e. The Balaban J connectivity index is 1.20. The van der Waals surface area contributed by atoms with Crippen LogP contribution in [0.1, 0.15) is 491 Å². The number of rotatable bonds is 60. The van der Waals surface area contributed by atoms with Crippen molar-refractivity contribution in [2.45, 2.75) is 576 Å². The summed E-state index contributed by atoms with van der Waals surface area (Å²) in [5.41, 5.74) is -1.82. The van der Waals surface area contributed by atoms with Crippen LogP contribution >= 0.6 is 0 Å². The normalized spacial score (nSPS) is 20.9. The zero-order valence-electron chi connectivity index (χ0n) is 93.7. The molecule has 0 bridgehead atoms. The molecule has 3 aromatic rings. The van der Waals surface area contributed by atoms with Gasteiger partial charge in [0.1, 0.15) is 0 Å². The van der Waals surface area contributed by atoms with Gasteiger partial charge in [0.25, 0.3) is 0 Å². The van der Waals surface area contributed by atoms with E-state index >= 15 is 0 Å². The highest BCUT2D eigenvalue weighted by Crippen LogP contribution is 2.46. The van der Waals surface area contributed by atoms with Gasteiger partial charge in [-0.3, -0.25) is 9.80 Å². The van der Waals surface area contributed by atoms with Crippen LogP contribution < -0.4 is 60.9 Å². The average molecular weight is 1870 g/mol. The Kier molecular flexibility index (Phi) is 43.5. The van der Waals surface area contributed by atoms with Gasteiger partial charge < -0.3 is 60.9 Å². The van der Waals surface area contributed by atoms with Crippen molar-refractivity contribution in [3.8, 4) is 0 Å². The third-order valence-corrected chi connectivity index (χ3v) is 30.7. The van der Waals surface area contributed by atoms with E-state index in [0.29, 0.717) is 6.04 Å². The highest BCUT2D eigenvalue weighted by molar-refractivity contribution is 5.49. The second kappa shape index (κ2) is 50.8. The van der Waals surface area contributed by atoms with Gasteiger partial charge in [0.15, 0.2) is 11.6 Å². The highest BCUT2D eigenvalue weighted by Gasteiger charge is 2.52. The summed E-state index contributed by atoms with van der Waals surface area (Å²) in [5.74, 6) is 7.97. The molecule has 23 heteroatoms. The molecule has 5 fully saturated rings. The van der Waals surface area contributed by atoms with Crippen molar-refractivity contribution in [2.75, 3.05) is 119 Å². The summed E-state index contributed by atoms with van der Waals surface area (Å²) < 4.78 is 0. The lowest BCUT2D eigenvalue weighted by Gasteiger charge is -2.54. The van der Waals surface area contributed by atoms with Crippen molar-refractivity contribution in [1.82, 2.24) is 81.2 Å². The van der Waals surface area contributed by atoms with Gasteiger partial charge in [-0.2, -0.15) is 44.9 Å². The largest absolute Gasteiger partial charge is 0.341 e. The van der Waals surface area contributed by atoms with E-state index in [-0.39, 0.29) is 79.6 Å². The van der Waals surface area contributed by atoms with E-state index in [2.05, 4.69) is 299 Å². The molecule has 0 spiro atoms. The summed E-state index contributed by atoms with van der Waals surface area (Å²) in [5, 5.41) is 20.6. The van der Waals surface area contributed by atoms with Crippen molar-refractivity contribution in [1.29, 1.82) is 0 Å². The first-order chi connectivity index (χ1) is 62.9. The second-order valence-corrected chi connectivity index (χ2v) is 50.1. The molecule has 5 aliphatic rings. The molecule has 3 aromatic heterocycles. The van der Waals surface area contributed by atoms with Gasteiger partial charge >= 0.3 is 0 Å². The zero-order valence-corrected chi connectivity index (χ0v) is 93.7. The van der Waals surface area contributed by atoms with Crippen molar-refractivity contribution >= 4 is 41.6 Å². The summed E-state index contributed by atoms with van der Waals surface area (Å²) in [4.78, 5) is 76.5. The van der Waals surface area contributed by atoms with Crippen LogP contribution in [0.15, 0.2) is 0 Å². The summed E-state index contributed by atoms with van der Waals surface area (Å²) in [6.45, 7) is 91.7.